The maximum absolute atomic E-state index is 12.0. The minimum absolute atomic E-state index is 0.00662. The maximum Gasteiger partial charge on any atom is 0.340 e. The van der Waals surface area contributed by atoms with Gasteiger partial charge in [0.1, 0.15) is 15.8 Å². The number of esters is 1. The van der Waals surface area contributed by atoms with Gasteiger partial charge in [0.25, 0.3) is 0 Å². The van der Waals surface area contributed by atoms with E-state index in [4.69, 9.17) is 15.8 Å². The van der Waals surface area contributed by atoms with E-state index in [-0.39, 0.29) is 21.4 Å². The molecule has 6 nitrogen and oxygen atoms in total. The van der Waals surface area contributed by atoms with Crippen LogP contribution in [0.15, 0.2) is 47.5 Å². The summed E-state index contributed by atoms with van der Waals surface area (Å²) in [6.45, 7) is 0. The van der Waals surface area contributed by atoms with Crippen molar-refractivity contribution in [1.29, 1.82) is 0 Å². The van der Waals surface area contributed by atoms with Crippen LogP contribution in [0.4, 0.5) is 0 Å². The van der Waals surface area contributed by atoms with Crippen LogP contribution in [-0.4, -0.2) is 26.5 Å². The zero-order valence-corrected chi connectivity index (χ0v) is 12.4. The summed E-state index contributed by atoms with van der Waals surface area (Å²) in [7, 11) is -2.82. The second-order valence-electron chi connectivity index (χ2n) is 3.87. The molecule has 2 aromatic rings. The standard InChI is InChI=1S/C13H10ClNO5S/c1-19-13(16)9-3-2-4-10(7-9)20-21(17,18)11-5-6-12(14)15-8-11/h2-8H,1H3. The molecule has 0 fully saturated rings. The van der Waals surface area contributed by atoms with Crippen molar-refractivity contribution in [2.45, 2.75) is 4.90 Å². The number of methoxy groups -OCH3 is 1. The zero-order chi connectivity index (χ0) is 15.5. The number of rotatable bonds is 4. The van der Waals surface area contributed by atoms with Gasteiger partial charge in [0, 0.05) is 0 Å². The van der Waals surface area contributed by atoms with Gasteiger partial charge in [-0.05, 0) is 30.3 Å². The average molecular weight is 328 g/mol. The summed E-state index contributed by atoms with van der Waals surface area (Å²) in [5.74, 6) is -0.598. The molecule has 0 saturated heterocycles. The molecule has 1 aromatic heterocycles. The van der Waals surface area contributed by atoms with E-state index in [9.17, 15) is 13.2 Å². The molecule has 0 N–H and O–H groups in total. The number of nitrogens with zero attached hydrogens (tertiary/aromatic N) is 1. The Morgan fingerprint density at radius 2 is 2.00 bits per heavy atom. The smallest absolute Gasteiger partial charge is 0.340 e. The zero-order valence-electron chi connectivity index (χ0n) is 10.8. The maximum atomic E-state index is 12.0. The van der Waals surface area contributed by atoms with E-state index in [0.717, 1.165) is 6.20 Å². The monoisotopic (exact) mass is 327 g/mol. The van der Waals surface area contributed by atoms with Crippen molar-refractivity contribution in [3.63, 3.8) is 0 Å². The van der Waals surface area contributed by atoms with Gasteiger partial charge in [-0.1, -0.05) is 17.7 Å². The van der Waals surface area contributed by atoms with Gasteiger partial charge < -0.3 is 8.92 Å². The van der Waals surface area contributed by atoms with Crippen LogP contribution in [0, 0.1) is 0 Å². The molecule has 0 aliphatic heterocycles. The average Bonchev–Trinajstić information content (AvgIpc) is 2.46. The molecule has 0 aliphatic rings. The number of carbonyl (C=O) groups excluding carboxylic acids is 1. The molecule has 1 aromatic carbocycles. The Bertz CT molecular complexity index is 758. The number of ether oxygens (including phenoxy) is 1. The van der Waals surface area contributed by atoms with Crippen LogP contribution >= 0.6 is 11.6 Å². The van der Waals surface area contributed by atoms with Gasteiger partial charge in [0.2, 0.25) is 0 Å². The van der Waals surface area contributed by atoms with Crippen molar-refractivity contribution < 1.29 is 22.1 Å². The number of halogens is 1. The van der Waals surface area contributed by atoms with Crippen LogP contribution in [0.25, 0.3) is 0 Å². The van der Waals surface area contributed by atoms with E-state index in [1.165, 1.54) is 43.5 Å². The predicted octanol–water partition coefficient (Wildman–Crippen LogP) is 2.29. The molecule has 0 saturated carbocycles. The molecular weight excluding hydrogens is 318 g/mol. The summed E-state index contributed by atoms with van der Waals surface area (Å²) in [5, 5.41) is 0.168. The number of hydrogen-bond donors (Lipinski definition) is 0. The highest BCUT2D eigenvalue weighted by Crippen LogP contribution is 2.20. The third-order valence-electron chi connectivity index (χ3n) is 2.45. The lowest BCUT2D eigenvalue weighted by Gasteiger charge is -2.07. The molecule has 8 heteroatoms. The first-order valence-electron chi connectivity index (χ1n) is 5.67. The van der Waals surface area contributed by atoms with Gasteiger partial charge in [-0.15, -0.1) is 0 Å². The van der Waals surface area contributed by atoms with Gasteiger partial charge in [0.15, 0.2) is 0 Å². The number of pyridine rings is 1. The lowest BCUT2D eigenvalue weighted by molar-refractivity contribution is 0.0600. The summed E-state index contributed by atoms with van der Waals surface area (Å²) in [6, 6.07) is 8.25. The fourth-order valence-electron chi connectivity index (χ4n) is 1.48. The number of hydrogen-bond acceptors (Lipinski definition) is 6. The molecule has 0 amide bonds. The largest absolute Gasteiger partial charge is 0.465 e. The predicted molar refractivity (Wildman–Crippen MR) is 74.8 cm³/mol. The van der Waals surface area contributed by atoms with Crippen LogP contribution in [0.1, 0.15) is 10.4 Å². The molecule has 2 rings (SSSR count). The lowest BCUT2D eigenvalue weighted by atomic mass is 10.2. The van der Waals surface area contributed by atoms with Gasteiger partial charge >= 0.3 is 16.1 Å². The first-order valence-corrected chi connectivity index (χ1v) is 7.45. The Morgan fingerprint density at radius 1 is 1.24 bits per heavy atom. The number of carbonyl (C=O) groups is 1. The Morgan fingerprint density at radius 3 is 2.62 bits per heavy atom. The molecule has 0 spiro atoms. The summed E-state index contributed by atoms with van der Waals surface area (Å²) < 4.78 is 33.6. The van der Waals surface area contributed by atoms with Crippen LogP contribution in [-0.2, 0) is 14.9 Å². The number of benzene rings is 1. The molecule has 110 valence electrons. The van der Waals surface area contributed by atoms with Crippen molar-refractivity contribution in [3.05, 3.63) is 53.3 Å². The van der Waals surface area contributed by atoms with Gasteiger partial charge in [-0.2, -0.15) is 8.42 Å². The molecule has 1 heterocycles. The third-order valence-corrected chi connectivity index (χ3v) is 3.90. The Kier molecular flexibility index (Phi) is 4.44. The van der Waals surface area contributed by atoms with E-state index in [1.54, 1.807) is 0 Å². The summed E-state index contributed by atoms with van der Waals surface area (Å²) in [4.78, 5) is 14.9. The first-order chi connectivity index (χ1) is 9.92. The highest BCUT2D eigenvalue weighted by atomic mass is 35.5. The van der Waals surface area contributed by atoms with Gasteiger partial charge in [0.05, 0.1) is 18.9 Å². The van der Waals surface area contributed by atoms with Crippen molar-refractivity contribution in [1.82, 2.24) is 4.98 Å². The molecular formula is C13H10ClNO5S. The topological polar surface area (TPSA) is 82.6 Å². The van der Waals surface area contributed by atoms with E-state index < -0.39 is 16.1 Å². The highest BCUT2D eigenvalue weighted by Gasteiger charge is 2.18. The van der Waals surface area contributed by atoms with Crippen molar-refractivity contribution in [3.8, 4) is 5.75 Å². The van der Waals surface area contributed by atoms with Crippen LogP contribution in [0.5, 0.6) is 5.75 Å². The molecule has 0 unspecified atom stereocenters. The van der Waals surface area contributed by atoms with Crippen LogP contribution in [0.2, 0.25) is 5.15 Å². The van der Waals surface area contributed by atoms with Gasteiger partial charge in [-0.25, -0.2) is 9.78 Å². The summed E-state index contributed by atoms with van der Waals surface area (Å²) >= 11 is 5.60. The molecule has 0 aliphatic carbocycles. The summed E-state index contributed by atoms with van der Waals surface area (Å²) in [6.07, 6.45) is 1.09. The van der Waals surface area contributed by atoms with Crippen LogP contribution in [0.3, 0.4) is 0 Å². The van der Waals surface area contributed by atoms with Crippen LogP contribution < -0.4 is 4.18 Å². The molecule has 0 radical (unpaired) electrons. The summed E-state index contributed by atoms with van der Waals surface area (Å²) in [5.41, 5.74) is 0.180. The van der Waals surface area contributed by atoms with Crippen molar-refractivity contribution in [2.24, 2.45) is 0 Å². The second-order valence-corrected chi connectivity index (χ2v) is 5.81. The van der Waals surface area contributed by atoms with E-state index in [1.807, 2.05) is 0 Å². The minimum Gasteiger partial charge on any atom is -0.465 e. The minimum atomic E-state index is -4.05. The van der Waals surface area contributed by atoms with E-state index >= 15 is 0 Å². The molecule has 21 heavy (non-hydrogen) atoms. The normalized spacial score (nSPS) is 11.0. The van der Waals surface area contributed by atoms with E-state index in [0.29, 0.717) is 0 Å². The highest BCUT2D eigenvalue weighted by molar-refractivity contribution is 7.87. The van der Waals surface area contributed by atoms with Gasteiger partial charge in [-0.3, -0.25) is 0 Å². The quantitative estimate of drug-likeness (QED) is 0.487. The Balaban J connectivity index is 2.28. The molecule has 0 atom stereocenters. The van der Waals surface area contributed by atoms with Crippen molar-refractivity contribution >= 4 is 27.7 Å². The number of aromatic nitrogens is 1. The molecule has 0 bridgehead atoms. The SMILES string of the molecule is COC(=O)c1cccc(OS(=O)(=O)c2ccc(Cl)nc2)c1. The Hall–Kier alpha value is -2.12. The second kappa shape index (κ2) is 6.11. The van der Waals surface area contributed by atoms with Crippen molar-refractivity contribution in [2.75, 3.05) is 7.11 Å². The Labute approximate surface area is 126 Å². The fourth-order valence-corrected chi connectivity index (χ4v) is 2.46. The fraction of sp³-hybridized carbons (Fsp3) is 0.0769. The third kappa shape index (κ3) is 3.71. The lowest BCUT2D eigenvalue weighted by Crippen LogP contribution is -2.10. The first kappa shape index (κ1) is 15.3. The van der Waals surface area contributed by atoms with E-state index in [2.05, 4.69) is 9.72 Å².